The van der Waals surface area contributed by atoms with Crippen LogP contribution in [0.25, 0.3) is 17.2 Å². The smallest absolute Gasteiger partial charge is 0.199 e. The van der Waals surface area contributed by atoms with Crippen molar-refractivity contribution in [1.82, 2.24) is 25.1 Å². The molecule has 1 aromatic carbocycles. The molecule has 0 saturated heterocycles. The topological polar surface area (TPSA) is 119 Å². The molecule has 3 aromatic rings. The summed E-state index contributed by atoms with van der Waals surface area (Å²) in [5.41, 5.74) is 6.87. The fourth-order valence-electron chi connectivity index (χ4n) is 1.77. The van der Waals surface area contributed by atoms with Crippen LogP contribution < -0.4 is 5.73 Å². The van der Waals surface area contributed by atoms with Crippen LogP contribution in [0.3, 0.4) is 0 Å². The van der Waals surface area contributed by atoms with E-state index < -0.39 is 0 Å². The van der Waals surface area contributed by atoms with Crippen LogP contribution in [-0.4, -0.2) is 30.8 Å². The van der Waals surface area contributed by atoms with Gasteiger partial charge < -0.3 is 5.73 Å². The number of nitrogens with zero attached hydrogens (tertiary/aromatic N) is 6. The van der Waals surface area contributed by atoms with Crippen molar-refractivity contribution in [2.45, 2.75) is 5.16 Å². The summed E-state index contributed by atoms with van der Waals surface area (Å²) in [6, 6.07) is 11.5. The minimum Gasteiger partial charge on any atom is -0.379 e. The number of nitrogens with two attached hydrogens (primary N) is 1. The zero-order valence-electron chi connectivity index (χ0n) is 10.7. The van der Waals surface area contributed by atoms with Gasteiger partial charge in [-0.15, -0.1) is 10.2 Å². The molecule has 0 saturated carbocycles. The molecule has 0 fully saturated rings. The summed E-state index contributed by atoms with van der Waals surface area (Å²) in [5.74, 6) is 0.814. The van der Waals surface area contributed by atoms with Gasteiger partial charge in [-0.1, -0.05) is 30.0 Å². The first-order valence-electron chi connectivity index (χ1n) is 5.90. The Labute approximate surface area is 123 Å². The first-order valence-corrected chi connectivity index (χ1v) is 6.89. The number of rotatable bonds is 4. The quantitative estimate of drug-likeness (QED) is 0.720. The lowest BCUT2D eigenvalue weighted by atomic mass is 10.3. The van der Waals surface area contributed by atoms with E-state index in [0.29, 0.717) is 16.7 Å². The van der Waals surface area contributed by atoms with Gasteiger partial charge >= 0.3 is 0 Å². The Morgan fingerprint density at radius 1 is 1.24 bits per heavy atom. The maximum atomic E-state index is 8.74. The van der Waals surface area contributed by atoms with Gasteiger partial charge in [0.1, 0.15) is 0 Å². The molecular weight excluding hydrogens is 290 g/mol. The average Bonchev–Trinajstić information content (AvgIpc) is 3.11. The summed E-state index contributed by atoms with van der Waals surface area (Å²) in [7, 11) is 0. The van der Waals surface area contributed by atoms with E-state index in [-0.39, 0.29) is 11.6 Å². The Kier molecular flexibility index (Phi) is 3.53. The van der Waals surface area contributed by atoms with E-state index in [4.69, 9.17) is 11.0 Å². The summed E-state index contributed by atoms with van der Waals surface area (Å²) in [6.45, 7) is 0. The Morgan fingerprint density at radius 3 is 2.71 bits per heavy atom. The average molecular weight is 299 g/mol. The van der Waals surface area contributed by atoms with Crippen LogP contribution in [0.2, 0.25) is 0 Å². The van der Waals surface area contributed by atoms with Gasteiger partial charge in [0.15, 0.2) is 22.5 Å². The van der Waals surface area contributed by atoms with Crippen LogP contribution in [0, 0.1) is 11.3 Å². The molecule has 8 nitrogen and oxygen atoms in total. The summed E-state index contributed by atoms with van der Waals surface area (Å²) in [5, 5.41) is 24.8. The maximum Gasteiger partial charge on any atom is 0.199 e. The van der Waals surface area contributed by atoms with Crippen LogP contribution in [0.4, 0.5) is 5.82 Å². The number of nitrogen functional groups attached to an aromatic ring is 1. The van der Waals surface area contributed by atoms with Gasteiger partial charge in [0.2, 0.25) is 0 Å². The van der Waals surface area contributed by atoms with Gasteiger partial charge in [0.25, 0.3) is 0 Å². The predicted octanol–water partition coefficient (Wildman–Crippen LogP) is 1.52. The zero-order chi connectivity index (χ0) is 14.7. The van der Waals surface area contributed by atoms with Crippen LogP contribution in [0.1, 0.15) is 0 Å². The molecule has 0 aliphatic heterocycles. The second-order valence-electron chi connectivity index (χ2n) is 3.92. The molecule has 9 heteroatoms. The molecule has 0 unspecified atom stereocenters. The van der Waals surface area contributed by atoms with Crippen molar-refractivity contribution in [1.29, 1.82) is 5.26 Å². The first kappa shape index (κ1) is 13.1. The molecule has 2 aromatic heterocycles. The highest BCUT2D eigenvalue weighted by Crippen LogP contribution is 2.28. The Morgan fingerprint density at radius 2 is 2.05 bits per heavy atom. The molecule has 2 N–H and O–H groups in total. The Hall–Kier alpha value is -2.86. The SMILES string of the molecule is N#CCSc1nnc(-c2nonc2N)n1-c1ccccc1. The number of anilines is 1. The van der Waals surface area contributed by atoms with E-state index in [1.165, 1.54) is 11.8 Å². The lowest BCUT2D eigenvalue weighted by Crippen LogP contribution is -2.01. The summed E-state index contributed by atoms with van der Waals surface area (Å²) >= 11 is 1.27. The highest BCUT2D eigenvalue weighted by atomic mass is 32.2. The van der Waals surface area contributed by atoms with E-state index in [9.17, 15) is 0 Å². The molecular formula is C12H9N7OS. The van der Waals surface area contributed by atoms with Gasteiger partial charge in [-0.25, -0.2) is 4.63 Å². The van der Waals surface area contributed by atoms with Crippen molar-refractivity contribution in [3.8, 4) is 23.3 Å². The summed E-state index contributed by atoms with van der Waals surface area (Å²) in [6.07, 6.45) is 0. The highest BCUT2D eigenvalue weighted by molar-refractivity contribution is 7.99. The van der Waals surface area contributed by atoms with Gasteiger partial charge in [-0.3, -0.25) is 4.57 Å². The second-order valence-corrected chi connectivity index (χ2v) is 4.86. The first-order chi connectivity index (χ1) is 10.3. The lowest BCUT2D eigenvalue weighted by molar-refractivity contribution is 0.310. The van der Waals surface area contributed by atoms with Gasteiger partial charge in [0, 0.05) is 5.69 Å². The monoisotopic (exact) mass is 299 g/mol. The molecule has 0 atom stereocenters. The molecule has 0 aliphatic rings. The Bertz CT molecular complexity index is 790. The van der Waals surface area contributed by atoms with E-state index >= 15 is 0 Å². The number of para-hydroxylation sites is 1. The van der Waals surface area contributed by atoms with Crippen molar-refractivity contribution >= 4 is 17.6 Å². The predicted molar refractivity (Wildman–Crippen MR) is 75.4 cm³/mol. The van der Waals surface area contributed by atoms with Crippen molar-refractivity contribution in [3.05, 3.63) is 30.3 Å². The van der Waals surface area contributed by atoms with Crippen LogP contribution in [-0.2, 0) is 0 Å². The minimum absolute atomic E-state index is 0.136. The number of hydrogen-bond acceptors (Lipinski definition) is 8. The van der Waals surface area contributed by atoms with Crippen molar-refractivity contribution in [2.75, 3.05) is 11.5 Å². The normalized spacial score (nSPS) is 10.4. The highest BCUT2D eigenvalue weighted by Gasteiger charge is 2.21. The molecule has 0 amide bonds. The van der Waals surface area contributed by atoms with Crippen molar-refractivity contribution < 1.29 is 4.63 Å². The van der Waals surface area contributed by atoms with Crippen LogP contribution in [0.5, 0.6) is 0 Å². The van der Waals surface area contributed by atoms with E-state index in [1.54, 1.807) is 4.57 Å². The number of benzene rings is 1. The minimum atomic E-state index is 0.136. The summed E-state index contributed by atoms with van der Waals surface area (Å²) < 4.78 is 6.38. The standard InChI is InChI=1S/C12H9N7OS/c13-6-7-21-12-16-15-11(9-10(14)18-20-17-9)19(12)8-4-2-1-3-5-8/h1-5H,7H2,(H2,14,18). The molecule has 0 bridgehead atoms. The van der Waals surface area contributed by atoms with E-state index in [0.717, 1.165) is 5.69 Å². The van der Waals surface area contributed by atoms with E-state index in [1.807, 2.05) is 30.3 Å². The third-order valence-electron chi connectivity index (χ3n) is 2.64. The molecule has 21 heavy (non-hydrogen) atoms. The van der Waals surface area contributed by atoms with Crippen molar-refractivity contribution in [3.63, 3.8) is 0 Å². The summed E-state index contributed by atoms with van der Waals surface area (Å²) in [4.78, 5) is 0. The maximum absolute atomic E-state index is 8.74. The van der Waals surface area contributed by atoms with Crippen LogP contribution in [0.15, 0.2) is 40.1 Å². The second kappa shape index (κ2) is 5.64. The van der Waals surface area contributed by atoms with Crippen LogP contribution >= 0.6 is 11.8 Å². The number of nitriles is 1. The number of aromatic nitrogens is 5. The Balaban J connectivity index is 2.16. The third kappa shape index (κ3) is 2.44. The fraction of sp³-hybridized carbons (Fsp3) is 0.0833. The van der Waals surface area contributed by atoms with Gasteiger partial charge in [-0.2, -0.15) is 5.26 Å². The molecule has 3 rings (SSSR count). The number of hydrogen-bond donors (Lipinski definition) is 1. The lowest BCUT2D eigenvalue weighted by Gasteiger charge is -2.07. The van der Waals surface area contributed by atoms with Crippen molar-refractivity contribution in [2.24, 2.45) is 0 Å². The molecule has 104 valence electrons. The largest absolute Gasteiger partial charge is 0.379 e. The van der Waals surface area contributed by atoms with Gasteiger partial charge in [0.05, 0.1) is 11.8 Å². The van der Waals surface area contributed by atoms with Gasteiger partial charge in [-0.05, 0) is 22.4 Å². The third-order valence-corrected chi connectivity index (χ3v) is 3.44. The zero-order valence-corrected chi connectivity index (χ0v) is 11.5. The van der Waals surface area contributed by atoms with E-state index in [2.05, 4.69) is 31.2 Å². The number of thioether (sulfide) groups is 1. The fourth-order valence-corrected chi connectivity index (χ4v) is 2.39. The molecule has 2 heterocycles. The molecule has 0 radical (unpaired) electrons. The molecule has 0 spiro atoms. The molecule has 0 aliphatic carbocycles.